The second kappa shape index (κ2) is 5.90. The Hall–Kier alpha value is -1.50. The van der Waals surface area contributed by atoms with Crippen LogP contribution in [-0.2, 0) is 0 Å². The van der Waals surface area contributed by atoms with Gasteiger partial charge in [0.25, 0.3) is 0 Å². The Morgan fingerprint density at radius 3 is 2.56 bits per heavy atom. The van der Waals surface area contributed by atoms with E-state index in [0.717, 1.165) is 12.1 Å². The molecule has 7 heteroatoms. The van der Waals surface area contributed by atoms with Crippen molar-refractivity contribution in [2.24, 2.45) is 5.73 Å². The van der Waals surface area contributed by atoms with E-state index in [1.807, 2.05) is 0 Å². The standard InChI is InChI=1S/C11H13F4NO2/c1-7-2-3-9(18-11(13,14)15)4-10(7)17-6-8(12)5-16/h2-4,8H,5-6,16H2,1H3. The molecule has 0 bridgehead atoms. The SMILES string of the molecule is Cc1ccc(OC(F)(F)F)cc1OCC(F)CN. The van der Waals surface area contributed by atoms with Crippen LogP contribution in [0, 0.1) is 6.92 Å². The summed E-state index contributed by atoms with van der Waals surface area (Å²) in [7, 11) is 0. The predicted octanol–water partition coefficient (Wildman–Crippen LogP) is 2.57. The second-order valence-electron chi connectivity index (χ2n) is 3.62. The molecule has 0 heterocycles. The Morgan fingerprint density at radius 2 is 2.00 bits per heavy atom. The van der Waals surface area contributed by atoms with E-state index in [0.29, 0.717) is 5.56 Å². The van der Waals surface area contributed by atoms with Crippen molar-refractivity contribution in [3.63, 3.8) is 0 Å². The largest absolute Gasteiger partial charge is 0.573 e. The predicted molar refractivity (Wildman–Crippen MR) is 57.3 cm³/mol. The van der Waals surface area contributed by atoms with Crippen LogP contribution in [0.1, 0.15) is 5.56 Å². The molecule has 18 heavy (non-hydrogen) atoms. The molecular weight excluding hydrogens is 254 g/mol. The third kappa shape index (κ3) is 4.79. The summed E-state index contributed by atoms with van der Waals surface area (Å²) >= 11 is 0. The highest BCUT2D eigenvalue weighted by molar-refractivity contribution is 5.39. The van der Waals surface area contributed by atoms with Gasteiger partial charge in [0.2, 0.25) is 0 Å². The lowest BCUT2D eigenvalue weighted by atomic mass is 10.2. The maximum Gasteiger partial charge on any atom is 0.573 e. The van der Waals surface area contributed by atoms with Crippen molar-refractivity contribution in [2.75, 3.05) is 13.2 Å². The molecule has 0 spiro atoms. The van der Waals surface area contributed by atoms with Gasteiger partial charge in [-0.2, -0.15) is 0 Å². The van der Waals surface area contributed by atoms with Gasteiger partial charge in [-0.25, -0.2) is 4.39 Å². The molecule has 0 amide bonds. The summed E-state index contributed by atoms with van der Waals surface area (Å²) in [5, 5.41) is 0. The minimum absolute atomic E-state index is 0.132. The summed E-state index contributed by atoms with van der Waals surface area (Å²) in [4.78, 5) is 0. The number of nitrogens with two attached hydrogens (primary N) is 1. The normalized spacial score (nSPS) is 13.2. The molecule has 1 aromatic carbocycles. The first-order chi connectivity index (χ1) is 8.31. The lowest BCUT2D eigenvalue weighted by Gasteiger charge is -2.14. The lowest BCUT2D eigenvalue weighted by molar-refractivity contribution is -0.274. The van der Waals surface area contributed by atoms with Crippen LogP contribution in [0.5, 0.6) is 11.5 Å². The highest BCUT2D eigenvalue weighted by Gasteiger charge is 2.31. The summed E-state index contributed by atoms with van der Waals surface area (Å²) in [6, 6.07) is 3.61. The maximum absolute atomic E-state index is 12.9. The van der Waals surface area contributed by atoms with E-state index in [1.165, 1.54) is 6.07 Å². The number of aryl methyl sites for hydroxylation is 1. The minimum atomic E-state index is -4.77. The monoisotopic (exact) mass is 267 g/mol. The molecule has 3 nitrogen and oxygen atoms in total. The Bertz CT molecular complexity index is 395. The average Bonchev–Trinajstić information content (AvgIpc) is 2.27. The fourth-order valence-electron chi connectivity index (χ4n) is 1.18. The van der Waals surface area contributed by atoms with Crippen LogP contribution in [0.2, 0.25) is 0 Å². The number of hydrogen-bond donors (Lipinski definition) is 1. The molecule has 1 atom stereocenters. The molecule has 1 aromatic rings. The molecule has 0 saturated carbocycles. The number of hydrogen-bond acceptors (Lipinski definition) is 3. The topological polar surface area (TPSA) is 44.5 Å². The zero-order chi connectivity index (χ0) is 13.8. The molecular formula is C11H13F4NO2. The van der Waals surface area contributed by atoms with Crippen LogP contribution in [0.25, 0.3) is 0 Å². The van der Waals surface area contributed by atoms with Crippen molar-refractivity contribution in [3.8, 4) is 11.5 Å². The molecule has 0 fully saturated rings. The van der Waals surface area contributed by atoms with Gasteiger partial charge in [0.05, 0.1) is 0 Å². The van der Waals surface area contributed by atoms with Crippen LogP contribution in [0.3, 0.4) is 0 Å². The first-order valence-electron chi connectivity index (χ1n) is 5.15. The highest BCUT2D eigenvalue weighted by atomic mass is 19.4. The molecule has 2 N–H and O–H groups in total. The van der Waals surface area contributed by atoms with Crippen molar-refractivity contribution in [3.05, 3.63) is 23.8 Å². The molecule has 0 aliphatic heterocycles. The summed E-state index contributed by atoms with van der Waals surface area (Å²) < 4.78 is 57.6. The van der Waals surface area contributed by atoms with Crippen molar-refractivity contribution >= 4 is 0 Å². The van der Waals surface area contributed by atoms with E-state index in [9.17, 15) is 17.6 Å². The summed E-state index contributed by atoms with van der Waals surface area (Å²) in [5.41, 5.74) is 5.64. The number of benzene rings is 1. The molecule has 0 aliphatic carbocycles. The Morgan fingerprint density at radius 1 is 1.33 bits per heavy atom. The zero-order valence-corrected chi connectivity index (χ0v) is 9.63. The molecule has 0 aliphatic rings. The van der Waals surface area contributed by atoms with E-state index in [4.69, 9.17) is 10.5 Å². The molecule has 1 rings (SSSR count). The van der Waals surface area contributed by atoms with Crippen LogP contribution < -0.4 is 15.2 Å². The zero-order valence-electron chi connectivity index (χ0n) is 9.63. The van der Waals surface area contributed by atoms with Crippen molar-refractivity contribution in [1.82, 2.24) is 0 Å². The minimum Gasteiger partial charge on any atom is -0.490 e. The van der Waals surface area contributed by atoms with Crippen molar-refractivity contribution in [2.45, 2.75) is 19.5 Å². The molecule has 0 aromatic heterocycles. The fourth-order valence-corrected chi connectivity index (χ4v) is 1.18. The number of halogens is 4. The smallest absolute Gasteiger partial charge is 0.490 e. The highest BCUT2D eigenvalue weighted by Crippen LogP contribution is 2.28. The van der Waals surface area contributed by atoms with Crippen LogP contribution in [0.4, 0.5) is 17.6 Å². The van der Waals surface area contributed by atoms with Crippen LogP contribution >= 0.6 is 0 Å². The quantitative estimate of drug-likeness (QED) is 0.834. The number of ether oxygens (including phenoxy) is 2. The van der Waals surface area contributed by atoms with Gasteiger partial charge in [0.1, 0.15) is 24.3 Å². The van der Waals surface area contributed by atoms with Gasteiger partial charge >= 0.3 is 6.36 Å². The van der Waals surface area contributed by atoms with E-state index in [1.54, 1.807) is 6.92 Å². The average molecular weight is 267 g/mol. The van der Waals surface area contributed by atoms with E-state index in [2.05, 4.69) is 4.74 Å². The van der Waals surface area contributed by atoms with Gasteiger partial charge in [-0.05, 0) is 18.6 Å². The first kappa shape index (κ1) is 14.6. The molecule has 0 radical (unpaired) electrons. The Balaban J connectivity index is 2.75. The van der Waals surface area contributed by atoms with E-state index in [-0.39, 0.29) is 18.9 Å². The molecule has 1 unspecified atom stereocenters. The van der Waals surface area contributed by atoms with Crippen LogP contribution in [-0.4, -0.2) is 25.7 Å². The molecule has 102 valence electrons. The summed E-state index contributed by atoms with van der Waals surface area (Å²) in [6.45, 7) is 1.10. The second-order valence-corrected chi connectivity index (χ2v) is 3.62. The van der Waals surface area contributed by atoms with Gasteiger partial charge < -0.3 is 15.2 Å². The van der Waals surface area contributed by atoms with E-state index >= 15 is 0 Å². The summed E-state index contributed by atoms with van der Waals surface area (Å²) in [5.74, 6) is -0.279. The van der Waals surface area contributed by atoms with Gasteiger partial charge in [-0.1, -0.05) is 6.07 Å². The third-order valence-corrected chi connectivity index (χ3v) is 2.07. The Labute approximate surface area is 101 Å². The van der Waals surface area contributed by atoms with E-state index < -0.39 is 18.3 Å². The van der Waals surface area contributed by atoms with Crippen molar-refractivity contribution < 1.29 is 27.0 Å². The third-order valence-electron chi connectivity index (χ3n) is 2.07. The number of rotatable bonds is 5. The Kier molecular flexibility index (Phi) is 4.77. The molecule has 0 saturated heterocycles. The van der Waals surface area contributed by atoms with Gasteiger partial charge in [0, 0.05) is 12.6 Å². The van der Waals surface area contributed by atoms with Crippen LogP contribution in [0.15, 0.2) is 18.2 Å². The fraction of sp³-hybridized carbons (Fsp3) is 0.455. The maximum atomic E-state index is 12.9. The first-order valence-corrected chi connectivity index (χ1v) is 5.15. The van der Waals surface area contributed by atoms with Gasteiger partial charge in [-0.3, -0.25) is 0 Å². The van der Waals surface area contributed by atoms with Crippen molar-refractivity contribution in [1.29, 1.82) is 0 Å². The number of alkyl halides is 4. The van der Waals surface area contributed by atoms with Gasteiger partial charge in [-0.15, -0.1) is 13.2 Å². The lowest BCUT2D eigenvalue weighted by Crippen LogP contribution is -2.22. The summed E-state index contributed by atoms with van der Waals surface area (Å²) in [6.07, 6.45) is -6.14. The van der Waals surface area contributed by atoms with Gasteiger partial charge in [0.15, 0.2) is 0 Å².